The van der Waals surface area contributed by atoms with E-state index >= 15 is 0 Å². The number of nitrogens with zero attached hydrogens (tertiary/aromatic N) is 1. The zero-order chi connectivity index (χ0) is 25.3. The number of benzene rings is 3. The van der Waals surface area contributed by atoms with Gasteiger partial charge in [0.05, 0.1) is 5.56 Å². The first-order valence-electron chi connectivity index (χ1n) is 11.7. The van der Waals surface area contributed by atoms with E-state index in [9.17, 15) is 14.7 Å². The first kappa shape index (κ1) is 24.7. The number of aromatic nitrogens is 1. The highest BCUT2D eigenvalue weighted by Gasteiger charge is 2.22. The predicted octanol–water partition coefficient (Wildman–Crippen LogP) is 6.18. The Bertz CT molecular complexity index is 1320. The van der Waals surface area contributed by atoms with Gasteiger partial charge in [0.2, 0.25) is 0 Å². The van der Waals surface area contributed by atoms with Gasteiger partial charge in [-0.2, -0.15) is 0 Å². The summed E-state index contributed by atoms with van der Waals surface area (Å²) < 4.78 is 12.4. The second kappa shape index (κ2) is 11.8. The minimum atomic E-state index is -0.911. The Morgan fingerprint density at radius 2 is 1.72 bits per heavy atom. The fourth-order valence-corrected chi connectivity index (χ4v) is 3.91. The molecule has 0 bridgehead atoms. The van der Waals surface area contributed by atoms with E-state index < -0.39 is 12.1 Å². The molecule has 182 valence electrons. The summed E-state index contributed by atoms with van der Waals surface area (Å²) in [7, 11) is 0. The van der Waals surface area contributed by atoms with Crippen molar-refractivity contribution in [1.82, 2.24) is 4.98 Å². The van der Waals surface area contributed by atoms with Gasteiger partial charge in [-0.15, -0.1) is 0 Å². The van der Waals surface area contributed by atoms with Crippen LogP contribution in [0.4, 0.5) is 0 Å². The van der Waals surface area contributed by atoms with E-state index in [-0.39, 0.29) is 18.6 Å². The molecule has 1 aromatic heterocycles. The second-order valence-corrected chi connectivity index (χ2v) is 8.40. The van der Waals surface area contributed by atoms with Crippen LogP contribution in [0.15, 0.2) is 97.3 Å². The van der Waals surface area contributed by atoms with Crippen LogP contribution in [0.5, 0.6) is 11.5 Å². The van der Waals surface area contributed by atoms with Gasteiger partial charge < -0.3 is 14.6 Å². The Morgan fingerprint density at radius 1 is 0.944 bits per heavy atom. The molecule has 0 aliphatic carbocycles. The molecule has 6 nitrogen and oxygen atoms in total. The number of aliphatic carboxylic acids is 1. The second-order valence-electron chi connectivity index (χ2n) is 8.40. The van der Waals surface area contributed by atoms with Gasteiger partial charge in [-0.25, -0.2) is 0 Å². The van der Waals surface area contributed by atoms with Gasteiger partial charge in [-0.3, -0.25) is 14.6 Å². The standard InChI is InChI=1S/C30H27NO5/c1-21-8-5-6-12-25(21)27(15-16-29(32)33)36-28-18-24(35-20-22-9-7-17-31-19-22)13-14-26(28)30(34)23-10-3-2-4-11-23/h2-14,17-19,27H,15-16,20H2,1H3,(H,32,33). The average molecular weight is 482 g/mol. The number of ether oxygens (including phenoxy) is 2. The summed E-state index contributed by atoms with van der Waals surface area (Å²) in [4.78, 5) is 28.9. The van der Waals surface area contributed by atoms with Crippen LogP contribution in [0.1, 0.15) is 51.6 Å². The van der Waals surface area contributed by atoms with Crippen LogP contribution in [0.2, 0.25) is 0 Å². The molecule has 1 unspecified atom stereocenters. The summed E-state index contributed by atoms with van der Waals surface area (Å²) >= 11 is 0. The zero-order valence-electron chi connectivity index (χ0n) is 20.0. The average Bonchev–Trinajstić information content (AvgIpc) is 2.91. The third-order valence-electron chi connectivity index (χ3n) is 5.79. The molecule has 0 radical (unpaired) electrons. The predicted molar refractivity (Wildman–Crippen MR) is 136 cm³/mol. The van der Waals surface area contributed by atoms with Crippen LogP contribution in [-0.4, -0.2) is 21.8 Å². The number of hydrogen-bond acceptors (Lipinski definition) is 5. The summed E-state index contributed by atoms with van der Waals surface area (Å²) in [6, 6.07) is 25.5. The van der Waals surface area contributed by atoms with Crippen LogP contribution in [0, 0.1) is 6.92 Å². The van der Waals surface area contributed by atoms with Gasteiger partial charge in [0.15, 0.2) is 5.78 Å². The third-order valence-corrected chi connectivity index (χ3v) is 5.79. The normalized spacial score (nSPS) is 11.5. The van der Waals surface area contributed by atoms with Crippen LogP contribution in [-0.2, 0) is 11.4 Å². The highest BCUT2D eigenvalue weighted by atomic mass is 16.5. The topological polar surface area (TPSA) is 85.7 Å². The monoisotopic (exact) mass is 481 g/mol. The molecule has 4 rings (SSSR count). The molecule has 0 saturated heterocycles. The highest BCUT2D eigenvalue weighted by molar-refractivity contribution is 6.10. The van der Waals surface area contributed by atoms with E-state index in [1.807, 2.05) is 61.5 Å². The van der Waals surface area contributed by atoms with Crippen LogP contribution in [0.3, 0.4) is 0 Å². The highest BCUT2D eigenvalue weighted by Crippen LogP contribution is 2.34. The van der Waals surface area contributed by atoms with Crippen molar-refractivity contribution >= 4 is 11.8 Å². The molecule has 0 saturated carbocycles. The number of carboxylic acids is 1. The van der Waals surface area contributed by atoms with Gasteiger partial charge in [0.1, 0.15) is 24.2 Å². The van der Waals surface area contributed by atoms with Crippen LogP contribution in [0.25, 0.3) is 0 Å². The summed E-state index contributed by atoms with van der Waals surface area (Å²) in [5, 5.41) is 9.32. The molecule has 3 aromatic carbocycles. The maximum atomic E-state index is 13.4. The molecule has 1 atom stereocenters. The number of pyridine rings is 1. The summed E-state index contributed by atoms with van der Waals surface area (Å²) in [5.74, 6) is -0.232. The Morgan fingerprint density at radius 3 is 2.44 bits per heavy atom. The van der Waals surface area contributed by atoms with Crippen molar-refractivity contribution in [2.75, 3.05) is 0 Å². The van der Waals surface area contributed by atoms with Crippen LogP contribution < -0.4 is 9.47 Å². The third kappa shape index (κ3) is 6.36. The lowest BCUT2D eigenvalue weighted by molar-refractivity contribution is -0.137. The molecule has 0 amide bonds. The molecular formula is C30H27NO5. The number of ketones is 1. The Kier molecular flexibility index (Phi) is 8.08. The molecule has 0 fully saturated rings. The Labute approximate surface area is 210 Å². The molecule has 6 heteroatoms. The minimum Gasteiger partial charge on any atom is -0.489 e. The number of aryl methyl sites for hydroxylation is 1. The number of rotatable bonds is 11. The van der Waals surface area contributed by atoms with Crippen molar-refractivity contribution < 1.29 is 24.2 Å². The Balaban J connectivity index is 1.69. The van der Waals surface area contributed by atoms with E-state index in [1.54, 1.807) is 42.7 Å². The molecule has 1 N–H and O–H groups in total. The van der Waals surface area contributed by atoms with Crippen molar-refractivity contribution in [1.29, 1.82) is 0 Å². The van der Waals surface area contributed by atoms with E-state index in [4.69, 9.17) is 9.47 Å². The van der Waals surface area contributed by atoms with Crippen molar-refractivity contribution in [3.05, 3.63) is 125 Å². The summed E-state index contributed by atoms with van der Waals surface area (Å²) in [6.45, 7) is 2.26. The van der Waals surface area contributed by atoms with Crippen molar-refractivity contribution in [2.24, 2.45) is 0 Å². The number of carbonyl (C=O) groups excluding carboxylic acids is 1. The SMILES string of the molecule is Cc1ccccc1C(CCC(=O)O)Oc1cc(OCc2cccnc2)ccc1C(=O)c1ccccc1. The Hall–Kier alpha value is -4.45. The maximum Gasteiger partial charge on any atom is 0.303 e. The molecule has 4 aromatic rings. The smallest absolute Gasteiger partial charge is 0.303 e. The fourth-order valence-electron chi connectivity index (χ4n) is 3.91. The lowest BCUT2D eigenvalue weighted by Crippen LogP contribution is -2.14. The minimum absolute atomic E-state index is 0.0713. The molecule has 0 aliphatic rings. The maximum absolute atomic E-state index is 13.4. The van der Waals surface area contributed by atoms with Crippen molar-refractivity contribution in [3.63, 3.8) is 0 Å². The van der Waals surface area contributed by atoms with Gasteiger partial charge in [-0.1, -0.05) is 60.7 Å². The summed E-state index contributed by atoms with van der Waals surface area (Å²) in [6.07, 6.45) is 3.05. The van der Waals surface area contributed by atoms with E-state index in [0.29, 0.717) is 29.2 Å². The summed E-state index contributed by atoms with van der Waals surface area (Å²) in [5.41, 5.74) is 3.67. The van der Waals surface area contributed by atoms with Gasteiger partial charge in [0.25, 0.3) is 0 Å². The zero-order valence-corrected chi connectivity index (χ0v) is 20.0. The lowest BCUT2D eigenvalue weighted by Gasteiger charge is -2.23. The van der Waals surface area contributed by atoms with E-state index in [0.717, 1.165) is 16.7 Å². The number of carbonyl (C=O) groups is 2. The van der Waals surface area contributed by atoms with Crippen molar-refractivity contribution in [2.45, 2.75) is 32.5 Å². The molecule has 0 aliphatic heterocycles. The molecule has 0 spiro atoms. The first-order chi connectivity index (χ1) is 17.5. The first-order valence-corrected chi connectivity index (χ1v) is 11.7. The van der Waals surface area contributed by atoms with Crippen molar-refractivity contribution in [3.8, 4) is 11.5 Å². The number of carboxylic acid groups (broad SMARTS) is 1. The van der Waals surface area contributed by atoms with E-state index in [2.05, 4.69) is 4.98 Å². The molecular weight excluding hydrogens is 454 g/mol. The van der Waals surface area contributed by atoms with Gasteiger partial charge in [-0.05, 0) is 42.7 Å². The van der Waals surface area contributed by atoms with E-state index in [1.165, 1.54) is 0 Å². The lowest BCUT2D eigenvalue weighted by atomic mass is 9.99. The largest absolute Gasteiger partial charge is 0.489 e. The van der Waals surface area contributed by atoms with Gasteiger partial charge >= 0.3 is 5.97 Å². The van der Waals surface area contributed by atoms with Crippen LogP contribution >= 0.6 is 0 Å². The number of hydrogen-bond donors (Lipinski definition) is 1. The molecule has 1 heterocycles. The van der Waals surface area contributed by atoms with Gasteiger partial charge in [0, 0.05) is 36.0 Å². The fraction of sp³-hybridized carbons (Fsp3) is 0.167. The molecule has 36 heavy (non-hydrogen) atoms. The quantitative estimate of drug-likeness (QED) is 0.257.